The average Bonchev–Trinajstić information content (AvgIpc) is 3.29. The van der Waals surface area contributed by atoms with Crippen LogP contribution in [0.15, 0.2) is 35.1 Å². The number of likely N-dealkylation sites (tertiary alicyclic amines) is 1. The highest BCUT2D eigenvalue weighted by Crippen LogP contribution is 2.31. The summed E-state index contributed by atoms with van der Waals surface area (Å²) in [6.45, 7) is 4.86. The van der Waals surface area contributed by atoms with Crippen molar-refractivity contribution in [3.8, 4) is 0 Å². The van der Waals surface area contributed by atoms with Gasteiger partial charge in [-0.05, 0) is 50.8 Å². The molecule has 6 nitrogen and oxygen atoms in total. The Kier molecular flexibility index (Phi) is 4.97. The third-order valence-electron chi connectivity index (χ3n) is 5.63. The highest BCUT2D eigenvalue weighted by atomic mass is 16.3. The van der Waals surface area contributed by atoms with Crippen molar-refractivity contribution in [1.82, 2.24) is 19.5 Å². The fourth-order valence-corrected chi connectivity index (χ4v) is 4.19. The molecule has 4 rings (SSSR count). The fourth-order valence-electron chi connectivity index (χ4n) is 4.19. The molecule has 0 aromatic carbocycles. The summed E-state index contributed by atoms with van der Waals surface area (Å²) in [5.41, 5.74) is 4.01. The largest absolute Gasteiger partial charge is 0.467 e. The molecule has 3 aromatic rings. The van der Waals surface area contributed by atoms with Crippen LogP contribution in [0.1, 0.15) is 60.9 Å². The smallest absolute Gasteiger partial charge is 0.223 e. The summed E-state index contributed by atoms with van der Waals surface area (Å²) in [4.78, 5) is 19.7. The van der Waals surface area contributed by atoms with Gasteiger partial charge in [0.1, 0.15) is 5.76 Å². The lowest BCUT2D eigenvalue weighted by molar-refractivity contribution is -0.134. The maximum absolute atomic E-state index is 13.1. The number of fused-ring (bicyclic) bond motifs is 1. The summed E-state index contributed by atoms with van der Waals surface area (Å²) in [7, 11) is 0. The Balaban J connectivity index is 1.53. The van der Waals surface area contributed by atoms with Crippen molar-refractivity contribution in [3.63, 3.8) is 0 Å². The molecule has 1 saturated heterocycles. The minimum absolute atomic E-state index is 0.0592. The van der Waals surface area contributed by atoms with E-state index in [1.165, 1.54) is 6.42 Å². The van der Waals surface area contributed by atoms with E-state index in [1.807, 2.05) is 41.5 Å². The number of carbonyl (C=O) groups excluding carboxylic acids is 1. The molecular weight excluding hydrogens is 340 g/mol. The van der Waals surface area contributed by atoms with Crippen LogP contribution in [0.25, 0.3) is 5.65 Å². The SMILES string of the molecule is Cc1nc2ccnn2c(C)c1CCC(=O)N1CCCCCC1c1ccco1. The predicted molar refractivity (Wildman–Crippen MR) is 102 cm³/mol. The number of furan rings is 1. The zero-order chi connectivity index (χ0) is 18.8. The van der Waals surface area contributed by atoms with Crippen LogP contribution in [-0.2, 0) is 11.2 Å². The van der Waals surface area contributed by atoms with E-state index in [-0.39, 0.29) is 11.9 Å². The molecule has 27 heavy (non-hydrogen) atoms. The summed E-state index contributed by atoms with van der Waals surface area (Å²) in [6.07, 6.45) is 8.94. The van der Waals surface area contributed by atoms with Gasteiger partial charge in [0.15, 0.2) is 5.65 Å². The lowest BCUT2D eigenvalue weighted by Crippen LogP contribution is -2.34. The molecule has 1 amide bonds. The number of amides is 1. The van der Waals surface area contributed by atoms with E-state index >= 15 is 0 Å². The van der Waals surface area contributed by atoms with E-state index in [1.54, 1.807) is 12.5 Å². The molecule has 1 aliphatic rings. The molecule has 6 heteroatoms. The van der Waals surface area contributed by atoms with Crippen molar-refractivity contribution in [2.24, 2.45) is 0 Å². The van der Waals surface area contributed by atoms with Crippen molar-refractivity contribution in [2.45, 2.75) is 58.4 Å². The molecule has 1 fully saturated rings. The lowest BCUT2D eigenvalue weighted by atomic mass is 10.0. The second-order valence-corrected chi connectivity index (χ2v) is 7.33. The molecule has 3 aromatic heterocycles. The Morgan fingerprint density at radius 3 is 2.96 bits per heavy atom. The molecule has 1 unspecified atom stereocenters. The van der Waals surface area contributed by atoms with Crippen LogP contribution in [0, 0.1) is 13.8 Å². The van der Waals surface area contributed by atoms with Gasteiger partial charge in [0, 0.05) is 30.4 Å². The maximum atomic E-state index is 13.1. The van der Waals surface area contributed by atoms with E-state index in [9.17, 15) is 4.79 Å². The van der Waals surface area contributed by atoms with Gasteiger partial charge in [-0.25, -0.2) is 9.50 Å². The van der Waals surface area contributed by atoms with Gasteiger partial charge in [-0.3, -0.25) is 4.79 Å². The summed E-state index contributed by atoms with van der Waals surface area (Å²) in [6, 6.07) is 5.85. The highest BCUT2D eigenvalue weighted by Gasteiger charge is 2.28. The molecule has 1 aliphatic heterocycles. The molecule has 0 bridgehead atoms. The van der Waals surface area contributed by atoms with Crippen LogP contribution in [0.5, 0.6) is 0 Å². The van der Waals surface area contributed by atoms with E-state index in [4.69, 9.17) is 4.42 Å². The Hall–Kier alpha value is -2.63. The first-order valence-corrected chi connectivity index (χ1v) is 9.78. The zero-order valence-electron chi connectivity index (χ0n) is 16.0. The van der Waals surface area contributed by atoms with Crippen LogP contribution in [0.3, 0.4) is 0 Å². The van der Waals surface area contributed by atoms with Gasteiger partial charge in [-0.1, -0.05) is 12.8 Å². The van der Waals surface area contributed by atoms with Crippen LogP contribution in [0.4, 0.5) is 0 Å². The molecular formula is C21H26N4O2. The van der Waals surface area contributed by atoms with Crippen molar-refractivity contribution in [2.75, 3.05) is 6.54 Å². The maximum Gasteiger partial charge on any atom is 0.223 e. The second kappa shape index (κ2) is 7.55. The summed E-state index contributed by atoms with van der Waals surface area (Å²) in [5, 5.41) is 4.34. The minimum atomic E-state index is 0.0592. The van der Waals surface area contributed by atoms with Gasteiger partial charge in [-0.15, -0.1) is 0 Å². The minimum Gasteiger partial charge on any atom is -0.467 e. The Labute approximate surface area is 159 Å². The molecule has 0 radical (unpaired) electrons. The highest BCUT2D eigenvalue weighted by molar-refractivity contribution is 5.77. The van der Waals surface area contributed by atoms with E-state index in [0.717, 1.165) is 54.2 Å². The Morgan fingerprint density at radius 1 is 1.26 bits per heavy atom. The lowest BCUT2D eigenvalue weighted by Gasteiger charge is -2.29. The van der Waals surface area contributed by atoms with Crippen molar-refractivity contribution < 1.29 is 9.21 Å². The van der Waals surface area contributed by atoms with Crippen LogP contribution >= 0.6 is 0 Å². The van der Waals surface area contributed by atoms with E-state index in [2.05, 4.69) is 10.1 Å². The van der Waals surface area contributed by atoms with Gasteiger partial charge < -0.3 is 9.32 Å². The van der Waals surface area contributed by atoms with Gasteiger partial charge >= 0.3 is 0 Å². The summed E-state index contributed by atoms with van der Waals surface area (Å²) >= 11 is 0. The monoisotopic (exact) mass is 366 g/mol. The van der Waals surface area contributed by atoms with Gasteiger partial charge in [0.05, 0.1) is 18.5 Å². The van der Waals surface area contributed by atoms with Crippen LogP contribution in [0.2, 0.25) is 0 Å². The van der Waals surface area contributed by atoms with Crippen molar-refractivity contribution >= 4 is 11.6 Å². The van der Waals surface area contributed by atoms with Gasteiger partial charge in [0.2, 0.25) is 5.91 Å². The Morgan fingerprint density at radius 2 is 2.15 bits per heavy atom. The first-order chi connectivity index (χ1) is 13.1. The van der Waals surface area contributed by atoms with Gasteiger partial charge in [-0.2, -0.15) is 5.10 Å². The molecule has 4 heterocycles. The standard InChI is InChI=1S/C21H26N4O2/c1-15-17(16(2)25-20(23-15)11-12-22-25)9-10-21(26)24-13-5-3-4-7-18(24)19-8-6-14-27-19/h6,8,11-12,14,18H,3-5,7,9-10,13H2,1-2H3. The second-order valence-electron chi connectivity index (χ2n) is 7.33. The third-order valence-corrected chi connectivity index (χ3v) is 5.63. The number of nitrogens with zero attached hydrogens (tertiary/aromatic N) is 4. The first kappa shape index (κ1) is 17.8. The number of hydrogen-bond donors (Lipinski definition) is 0. The number of aromatic nitrogens is 3. The number of aryl methyl sites for hydroxylation is 2. The molecule has 1 atom stereocenters. The van der Waals surface area contributed by atoms with E-state index < -0.39 is 0 Å². The summed E-state index contributed by atoms with van der Waals surface area (Å²) in [5.74, 6) is 1.09. The molecule has 0 aliphatic carbocycles. The number of hydrogen-bond acceptors (Lipinski definition) is 4. The quantitative estimate of drug-likeness (QED) is 0.700. The Bertz CT molecular complexity index is 929. The summed E-state index contributed by atoms with van der Waals surface area (Å²) < 4.78 is 7.49. The van der Waals surface area contributed by atoms with Crippen molar-refractivity contribution in [1.29, 1.82) is 0 Å². The van der Waals surface area contributed by atoms with Crippen LogP contribution < -0.4 is 0 Å². The van der Waals surface area contributed by atoms with Gasteiger partial charge in [0.25, 0.3) is 0 Å². The topological polar surface area (TPSA) is 63.6 Å². The zero-order valence-corrected chi connectivity index (χ0v) is 16.0. The molecule has 0 spiro atoms. The number of carbonyl (C=O) groups is 1. The third kappa shape index (κ3) is 3.48. The molecule has 142 valence electrons. The average molecular weight is 366 g/mol. The number of rotatable bonds is 4. The molecule has 0 saturated carbocycles. The normalized spacial score (nSPS) is 18.0. The van der Waals surface area contributed by atoms with Crippen molar-refractivity contribution in [3.05, 3.63) is 53.4 Å². The molecule has 0 N–H and O–H groups in total. The first-order valence-electron chi connectivity index (χ1n) is 9.78. The fraction of sp³-hybridized carbons (Fsp3) is 0.476. The van der Waals surface area contributed by atoms with Crippen LogP contribution in [-0.4, -0.2) is 31.9 Å². The predicted octanol–water partition coefficient (Wildman–Crippen LogP) is 4.02. The van der Waals surface area contributed by atoms with E-state index in [0.29, 0.717) is 12.8 Å².